The zero-order valence-corrected chi connectivity index (χ0v) is 11.6. The molecule has 0 radical (unpaired) electrons. The molecule has 1 unspecified atom stereocenters. The number of hydrogen-bond donors (Lipinski definition) is 1. The minimum absolute atomic E-state index is 0.223. The molecule has 0 aliphatic carbocycles. The maximum atomic E-state index is 5.12. The van der Waals surface area contributed by atoms with Crippen LogP contribution in [0.2, 0.25) is 0 Å². The number of methoxy groups -OCH3 is 1. The molecule has 1 rings (SSSR count). The van der Waals surface area contributed by atoms with Crippen molar-refractivity contribution in [3.05, 3.63) is 22.4 Å². The molecule has 2 nitrogen and oxygen atoms in total. The second kappa shape index (κ2) is 6.38. The average molecular weight is 241 g/mol. The van der Waals surface area contributed by atoms with Gasteiger partial charge in [-0.2, -0.15) is 0 Å². The molecule has 0 aliphatic rings. The monoisotopic (exact) mass is 241 g/mol. The van der Waals surface area contributed by atoms with E-state index in [9.17, 15) is 0 Å². The number of hydrogen-bond acceptors (Lipinski definition) is 3. The first-order chi connectivity index (χ1) is 7.56. The van der Waals surface area contributed by atoms with Gasteiger partial charge in [0.25, 0.3) is 0 Å². The minimum atomic E-state index is 0.223. The van der Waals surface area contributed by atoms with E-state index in [2.05, 4.69) is 43.6 Å². The summed E-state index contributed by atoms with van der Waals surface area (Å²) in [6, 6.07) is 4.33. The third-order valence-electron chi connectivity index (χ3n) is 2.70. The van der Waals surface area contributed by atoms with Gasteiger partial charge in [0.15, 0.2) is 0 Å². The first-order valence-electron chi connectivity index (χ1n) is 5.80. The Balaban J connectivity index is 2.32. The number of nitrogens with one attached hydrogen (secondary N) is 1. The van der Waals surface area contributed by atoms with Gasteiger partial charge < -0.3 is 10.1 Å². The lowest BCUT2D eigenvalue weighted by Crippen LogP contribution is -2.35. The maximum Gasteiger partial charge on any atom is 0.0499 e. The first-order valence-corrected chi connectivity index (χ1v) is 6.68. The molecule has 1 N–H and O–H groups in total. The van der Waals surface area contributed by atoms with Gasteiger partial charge in [0.05, 0.1) is 0 Å². The van der Waals surface area contributed by atoms with Crippen LogP contribution >= 0.6 is 11.3 Å². The fraction of sp³-hybridized carbons (Fsp3) is 0.692. The quantitative estimate of drug-likeness (QED) is 0.792. The molecule has 0 fully saturated rings. The van der Waals surface area contributed by atoms with E-state index >= 15 is 0 Å². The molecule has 0 spiro atoms. The molecule has 1 atom stereocenters. The van der Waals surface area contributed by atoms with Crippen LogP contribution in [0.1, 0.15) is 25.6 Å². The van der Waals surface area contributed by atoms with Crippen LogP contribution < -0.4 is 5.32 Å². The molecule has 0 saturated carbocycles. The zero-order valence-electron chi connectivity index (χ0n) is 10.7. The molecule has 1 heterocycles. The molecule has 1 aromatic heterocycles. The van der Waals surface area contributed by atoms with Crippen molar-refractivity contribution < 1.29 is 4.74 Å². The highest BCUT2D eigenvalue weighted by Gasteiger charge is 2.21. The highest BCUT2D eigenvalue weighted by Crippen LogP contribution is 2.26. The Hall–Kier alpha value is -0.380. The summed E-state index contributed by atoms with van der Waals surface area (Å²) in [5.41, 5.74) is 0.223. The van der Waals surface area contributed by atoms with Gasteiger partial charge in [-0.25, -0.2) is 0 Å². The summed E-state index contributed by atoms with van der Waals surface area (Å²) < 4.78 is 5.12. The number of ether oxygens (including phenoxy) is 1. The molecule has 0 aliphatic heterocycles. The Morgan fingerprint density at radius 1 is 1.50 bits per heavy atom. The predicted octanol–water partition coefficient (Wildman–Crippen LogP) is 2.90. The topological polar surface area (TPSA) is 21.3 Å². The Bertz CT molecular complexity index is 282. The van der Waals surface area contributed by atoms with E-state index in [1.165, 1.54) is 4.88 Å². The summed E-state index contributed by atoms with van der Waals surface area (Å²) in [6.07, 6.45) is 0. The molecular formula is C13H23NOS. The van der Waals surface area contributed by atoms with Crippen molar-refractivity contribution in [1.29, 1.82) is 0 Å². The van der Waals surface area contributed by atoms with Crippen LogP contribution in [0.5, 0.6) is 0 Å². The number of thiophene rings is 1. The zero-order chi connectivity index (χ0) is 12.0. The Kier molecular flexibility index (Phi) is 5.46. The third-order valence-corrected chi connectivity index (χ3v) is 3.93. The van der Waals surface area contributed by atoms with Crippen molar-refractivity contribution in [1.82, 2.24) is 5.32 Å². The molecule has 0 amide bonds. The van der Waals surface area contributed by atoms with Crippen molar-refractivity contribution in [2.24, 2.45) is 5.92 Å². The van der Waals surface area contributed by atoms with Gasteiger partial charge in [0.2, 0.25) is 0 Å². The second-order valence-corrected chi connectivity index (χ2v) is 6.00. The van der Waals surface area contributed by atoms with Crippen LogP contribution in [0.4, 0.5) is 0 Å². The largest absolute Gasteiger partial charge is 0.384 e. The summed E-state index contributed by atoms with van der Waals surface area (Å²) in [5.74, 6) is 0.573. The summed E-state index contributed by atoms with van der Waals surface area (Å²) in [7, 11) is 1.76. The van der Waals surface area contributed by atoms with Crippen molar-refractivity contribution >= 4 is 11.3 Å². The third kappa shape index (κ3) is 4.24. The maximum absolute atomic E-state index is 5.12. The average Bonchev–Trinajstić information content (AvgIpc) is 2.71. The molecule has 1 aromatic rings. The highest BCUT2D eigenvalue weighted by atomic mass is 32.1. The summed E-state index contributed by atoms with van der Waals surface area (Å²) in [4.78, 5) is 1.44. The van der Waals surface area contributed by atoms with Crippen LogP contribution in [0.3, 0.4) is 0 Å². The van der Waals surface area contributed by atoms with Gasteiger partial charge in [0, 0.05) is 30.6 Å². The lowest BCUT2D eigenvalue weighted by Gasteiger charge is -2.24. The first kappa shape index (κ1) is 13.7. The Morgan fingerprint density at radius 3 is 2.81 bits per heavy atom. The lowest BCUT2D eigenvalue weighted by molar-refractivity contribution is 0.158. The summed E-state index contributed by atoms with van der Waals surface area (Å²) in [6.45, 7) is 9.63. The van der Waals surface area contributed by atoms with E-state index < -0.39 is 0 Å². The van der Waals surface area contributed by atoms with Crippen LogP contribution in [0.15, 0.2) is 17.5 Å². The van der Waals surface area contributed by atoms with Crippen molar-refractivity contribution in [2.75, 3.05) is 26.8 Å². The van der Waals surface area contributed by atoms with Crippen LogP contribution in [0.25, 0.3) is 0 Å². The predicted molar refractivity (Wildman–Crippen MR) is 71.3 cm³/mol. The van der Waals surface area contributed by atoms with Gasteiger partial charge in [-0.1, -0.05) is 26.8 Å². The smallest absolute Gasteiger partial charge is 0.0499 e. The second-order valence-electron chi connectivity index (χ2n) is 5.05. The van der Waals surface area contributed by atoms with E-state index in [1.807, 2.05) is 11.3 Å². The van der Waals surface area contributed by atoms with E-state index in [0.29, 0.717) is 5.92 Å². The molecule has 92 valence electrons. The van der Waals surface area contributed by atoms with Gasteiger partial charge in [-0.3, -0.25) is 0 Å². The normalized spacial score (nSPS) is 14.0. The van der Waals surface area contributed by atoms with Gasteiger partial charge in [-0.15, -0.1) is 11.3 Å². The van der Waals surface area contributed by atoms with Crippen molar-refractivity contribution in [2.45, 2.75) is 26.2 Å². The highest BCUT2D eigenvalue weighted by molar-refractivity contribution is 7.10. The van der Waals surface area contributed by atoms with Gasteiger partial charge in [0.1, 0.15) is 0 Å². The number of rotatable bonds is 7. The fourth-order valence-corrected chi connectivity index (χ4v) is 2.58. The van der Waals surface area contributed by atoms with E-state index in [4.69, 9.17) is 4.74 Å². The summed E-state index contributed by atoms with van der Waals surface area (Å²) in [5, 5.41) is 5.67. The van der Waals surface area contributed by atoms with Gasteiger partial charge >= 0.3 is 0 Å². The van der Waals surface area contributed by atoms with Gasteiger partial charge in [-0.05, 0) is 23.9 Å². The summed E-state index contributed by atoms with van der Waals surface area (Å²) >= 11 is 1.83. The minimum Gasteiger partial charge on any atom is -0.384 e. The SMILES string of the molecule is COCC(C)CNCC(C)(C)c1cccs1. The van der Waals surface area contributed by atoms with E-state index in [-0.39, 0.29) is 5.41 Å². The Labute approximate surface area is 103 Å². The standard InChI is InChI=1S/C13H23NOS/c1-11(9-15-4)8-14-10-13(2,3)12-6-5-7-16-12/h5-7,11,14H,8-10H2,1-4H3. The van der Waals surface area contributed by atoms with Crippen LogP contribution in [-0.2, 0) is 10.2 Å². The molecule has 0 aromatic carbocycles. The van der Waals surface area contributed by atoms with Crippen molar-refractivity contribution in [3.8, 4) is 0 Å². The Morgan fingerprint density at radius 2 is 2.25 bits per heavy atom. The molecular weight excluding hydrogens is 218 g/mol. The lowest BCUT2D eigenvalue weighted by atomic mass is 9.91. The molecule has 16 heavy (non-hydrogen) atoms. The van der Waals surface area contributed by atoms with E-state index in [1.54, 1.807) is 7.11 Å². The van der Waals surface area contributed by atoms with Crippen molar-refractivity contribution in [3.63, 3.8) is 0 Å². The van der Waals surface area contributed by atoms with Crippen LogP contribution in [0, 0.1) is 5.92 Å². The molecule has 0 saturated heterocycles. The van der Waals surface area contributed by atoms with E-state index in [0.717, 1.165) is 19.7 Å². The molecule has 3 heteroatoms. The van der Waals surface area contributed by atoms with Crippen LogP contribution in [-0.4, -0.2) is 26.8 Å². The molecule has 0 bridgehead atoms. The fourth-order valence-electron chi connectivity index (χ4n) is 1.73.